The molecule has 4 nitrogen and oxygen atoms in total. The lowest BCUT2D eigenvalue weighted by molar-refractivity contribution is 0.0794. The van der Waals surface area contributed by atoms with Crippen LogP contribution in [0, 0.1) is 0 Å². The van der Waals surface area contributed by atoms with Crippen molar-refractivity contribution in [3.05, 3.63) is 64.1 Å². The van der Waals surface area contributed by atoms with Crippen molar-refractivity contribution in [3.63, 3.8) is 0 Å². The molecule has 2 aliphatic heterocycles. The number of amides is 1. The van der Waals surface area contributed by atoms with Crippen LogP contribution in [-0.4, -0.2) is 30.6 Å². The number of ether oxygens (including phenoxy) is 1. The highest BCUT2D eigenvalue weighted by Gasteiger charge is 2.42. The Kier molecular flexibility index (Phi) is 4.42. The van der Waals surface area contributed by atoms with E-state index in [1.165, 1.54) is 11.3 Å². The fourth-order valence-corrected chi connectivity index (χ4v) is 4.22. The molecule has 2 aliphatic rings. The smallest absolute Gasteiger partial charge is 0.410 e. The van der Waals surface area contributed by atoms with Gasteiger partial charge in [-0.1, -0.05) is 52.3 Å². The van der Waals surface area contributed by atoms with Crippen LogP contribution in [0.5, 0.6) is 0 Å². The van der Waals surface area contributed by atoms with Gasteiger partial charge in [0.1, 0.15) is 6.61 Å². The maximum Gasteiger partial charge on any atom is 0.410 e. The maximum absolute atomic E-state index is 12.3. The van der Waals surface area contributed by atoms with Gasteiger partial charge in [0.15, 0.2) is 0 Å². The van der Waals surface area contributed by atoms with Crippen molar-refractivity contribution >= 4 is 27.7 Å². The minimum Gasteiger partial charge on any atom is -0.445 e. The first-order chi connectivity index (χ1) is 12.2. The van der Waals surface area contributed by atoms with Crippen molar-refractivity contribution in [2.45, 2.75) is 24.9 Å². The predicted octanol–water partition coefficient (Wildman–Crippen LogP) is 4.55. The lowest BCUT2D eigenvalue weighted by Gasteiger charge is -2.38. The number of likely N-dealkylation sites (tertiary alicyclic amines) is 1. The van der Waals surface area contributed by atoms with E-state index in [0.29, 0.717) is 6.61 Å². The second kappa shape index (κ2) is 6.71. The van der Waals surface area contributed by atoms with Gasteiger partial charge < -0.3 is 15.0 Å². The molecule has 1 amide bonds. The summed E-state index contributed by atoms with van der Waals surface area (Å²) in [5.41, 5.74) is 3.76. The maximum atomic E-state index is 12.3. The van der Waals surface area contributed by atoms with Gasteiger partial charge in [0, 0.05) is 35.2 Å². The molecule has 130 valence electrons. The van der Waals surface area contributed by atoms with Crippen molar-refractivity contribution in [1.82, 2.24) is 4.90 Å². The van der Waals surface area contributed by atoms with E-state index in [2.05, 4.69) is 39.4 Å². The van der Waals surface area contributed by atoms with E-state index >= 15 is 0 Å². The van der Waals surface area contributed by atoms with Crippen LogP contribution in [-0.2, 0) is 16.8 Å². The summed E-state index contributed by atoms with van der Waals surface area (Å²) < 4.78 is 6.56. The summed E-state index contributed by atoms with van der Waals surface area (Å²) in [4.78, 5) is 14.2. The van der Waals surface area contributed by atoms with Crippen molar-refractivity contribution in [1.29, 1.82) is 0 Å². The predicted molar refractivity (Wildman–Crippen MR) is 102 cm³/mol. The van der Waals surface area contributed by atoms with Gasteiger partial charge in [-0.05, 0) is 36.1 Å². The Hall–Kier alpha value is -2.01. The molecular formula is C20H21BrN2O2. The minimum atomic E-state index is -0.208. The van der Waals surface area contributed by atoms with E-state index in [9.17, 15) is 4.79 Å². The zero-order valence-electron chi connectivity index (χ0n) is 14.0. The third-order valence-corrected chi connectivity index (χ3v) is 5.85. The second-order valence-corrected chi connectivity index (χ2v) is 7.77. The van der Waals surface area contributed by atoms with Crippen molar-refractivity contribution in [3.8, 4) is 0 Å². The van der Waals surface area contributed by atoms with Crippen molar-refractivity contribution in [2.75, 3.05) is 25.0 Å². The Bertz CT molecular complexity index is 771. The first-order valence-electron chi connectivity index (χ1n) is 8.66. The quantitative estimate of drug-likeness (QED) is 0.803. The normalized spacial score (nSPS) is 17.9. The van der Waals surface area contributed by atoms with E-state index in [1.807, 2.05) is 35.2 Å². The molecule has 0 aliphatic carbocycles. The molecule has 0 atom stereocenters. The Morgan fingerprint density at radius 2 is 1.92 bits per heavy atom. The Labute approximate surface area is 156 Å². The molecule has 0 unspecified atom stereocenters. The summed E-state index contributed by atoms with van der Waals surface area (Å²) in [5.74, 6) is 0. The number of hydrogen-bond donors (Lipinski definition) is 1. The number of carbonyl (C=O) groups is 1. The summed E-state index contributed by atoms with van der Waals surface area (Å²) in [6, 6.07) is 16.3. The molecule has 0 aromatic heterocycles. The molecule has 2 aromatic carbocycles. The third kappa shape index (κ3) is 3.25. The van der Waals surface area contributed by atoms with Gasteiger partial charge in [-0.25, -0.2) is 4.79 Å². The molecule has 1 spiro atoms. The van der Waals surface area contributed by atoms with E-state index in [1.54, 1.807) is 0 Å². The van der Waals surface area contributed by atoms with Crippen LogP contribution >= 0.6 is 15.9 Å². The zero-order chi connectivity index (χ0) is 17.3. The number of benzene rings is 2. The minimum absolute atomic E-state index is 0.145. The molecule has 2 heterocycles. The standard InChI is InChI=1S/C20H21BrN2O2/c21-16-6-7-17-18(12-16)22-14-20(17)8-10-23(11-9-20)19(24)25-13-15-4-2-1-3-5-15/h1-7,12,22H,8-11,13-14H2. The Morgan fingerprint density at radius 3 is 2.68 bits per heavy atom. The van der Waals surface area contributed by atoms with E-state index in [-0.39, 0.29) is 11.5 Å². The van der Waals surface area contributed by atoms with Crippen LogP contribution in [0.3, 0.4) is 0 Å². The lowest BCUT2D eigenvalue weighted by atomic mass is 9.74. The fourth-order valence-electron chi connectivity index (χ4n) is 3.86. The number of anilines is 1. The lowest BCUT2D eigenvalue weighted by Crippen LogP contribution is -2.46. The largest absolute Gasteiger partial charge is 0.445 e. The van der Waals surface area contributed by atoms with Crippen LogP contribution in [0.1, 0.15) is 24.0 Å². The summed E-state index contributed by atoms with van der Waals surface area (Å²) in [6.45, 7) is 2.76. The number of rotatable bonds is 2. The molecule has 0 bridgehead atoms. The molecular weight excluding hydrogens is 380 g/mol. The molecule has 1 N–H and O–H groups in total. The molecule has 0 radical (unpaired) electrons. The van der Waals surface area contributed by atoms with Gasteiger partial charge in [-0.15, -0.1) is 0 Å². The van der Waals surface area contributed by atoms with E-state index < -0.39 is 0 Å². The number of fused-ring (bicyclic) bond motifs is 2. The first kappa shape index (κ1) is 16.5. The Morgan fingerprint density at radius 1 is 1.16 bits per heavy atom. The molecule has 5 heteroatoms. The average Bonchev–Trinajstić information content (AvgIpc) is 2.98. The number of halogens is 1. The Balaban J connectivity index is 1.37. The average molecular weight is 401 g/mol. The third-order valence-electron chi connectivity index (χ3n) is 5.35. The number of nitrogens with zero attached hydrogens (tertiary/aromatic N) is 1. The van der Waals surface area contributed by atoms with Crippen LogP contribution in [0.15, 0.2) is 53.0 Å². The summed E-state index contributed by atoms with van der Waals surface area (Å²) in [7, 11) is 0. The number of hydrogen-bond acceptors (Lipinski definition) is 3. The second-order valence-electron chi connectivity index (χ2n) is 6.85. The fraction of sp³-hybridized carbons (Fsp3) is 0.350. The van der Waals surface area contributed by atoms with Gasteiger partial charge in [0.25, 0.3) is 0 Å². The number of nitrogens with one attached hydrogen (secondary N) is 1. The highest BCUT2D eigenvalue weighted by Crippen LogP contribution is 2.44. The number of piperidine rings is 1. The summed E-state index contributed by atoms with van der Waals surface area (Å²) in [5, 5.41) is 3.53. The van der Waals surface area contributed by atoms with Crippen molar-refractivity contribution in [2.24, 2.45) is 0 Å². The summed E-state index contributed by atoms with van der Waals surface area (Å²) >= 11 is 3.53. The van der Waals surface area contributed by atoms with Gasteiger partial charge in [0.2, 0.25) is 0 Å². The zero-order valence-corrected chi connectivity index (χ0v) is 15.6. The topological polar surface area (TPSA) is 41.6 Å². The first-order valence-corrected chi connectivity index (χ1v) is 9.45. The summed E-state index contributed by atoms with van der Waals surface area (Å²) in [6.07, 6.45) is 1.73. The monoisotopic (exact) mass is 400 g/mol. The molecule has 1 fully saturated rings. The highest BCUT2D eigenvalue weighted by atomic mass is 79.9. The van der Waals surface area contributed by atoms with Crippen LogP contribution in [0.2, 0.25) is 0 Å². The van der Waals surface area contributed by atoms with Crippen LogP contribution < -0.4 is 5.32 Å². The van der Waals surface area contributed by atoms with E-state index in [4.69, 9.17) is 4.74 Å². The SMILES string of the molecule is O=C(OCc1ccccc1)N1CCC2(CC1)CNc1cc(Br)ccc12. The van der Waals surface area contributed by atoms with Gasteiger partial charge in [-0.2, -0.15) is 0 Å². The highest BCUT2D eigenvalue weighted by molar-refractivity contribution is 9.10. The van der Waals surface area contributed by atoms with Gasteiger partial charge in [-0.3, -0.25) is 0 Å². The molecule has 4 rings (SSSR count). The van der Waals surface area contributed by atoms with Gasteiger partial charge in [0.05, 0.1) is 0 Å². The molecule has 25 heavy (non-hydrogen) atoms. The van der Waals surface area contributed by atoms with Crippen molar-refractivity contribution < 1.29 is 9.53 Å². The molecule has 0 saturated carbocycles. The van der Waals surface area contributed by atoms with Gasteiger partial charge >= 0.3 is 6.09 Å². The molecule has 2 aromatic rings. The van der Waals surface area contributed by atoms with E-state index in [0.717, 1.165) is 42.5 Å². The molecule has 1 saturated heterocycles. The van der Waals surface area contributed by atoms with Crippen LogP contribution in [0.4, 0.5) is 10.5 Å². The number of carbonyl (C=O) groups excluding carboxylic acids is 1. The van der Waals surface area contributed by atoms with Crippen LogP contribution in [0.25, 0.3) is 0 Å².